The van der Waals surface area contributed by atoms with Gasteiger partial charge in [-0.1, -0.05) is 34.8 Å². The summed E-state index contributed by atoms with van der Waals surface area (Å²) in [5.41, 5.74) is 0.0187. The number of amides is 2. The fourth-order valence-electron chi connectivity index (χ4n) is 2.08. The molecular formula is C14H12Cl3N5O5S3. The van der Waals surface area contributed by atoms with Crippen LogP contribution in [-0.2, 0) is 20.0 Å². The molecule has 0 fully saturated rings. The number of halogens is 3. The summed E-state index contributed by atoms with van der Waals surface area (Å²) in [6, 6.07) is 5.15. The van der Waals surface area contributed by atoms with Crippen LogP contribution in [-0.4, -0.2) is 28.0 Å². The smallest absolute Gasteiger partial charge is 0.325 e. The van der Waals surface area contributed by atoms with Crippen LogP contribution in [0.25, 0.3) is 0 Å². The summed E-state index contributed by atoms with van der Waals surface area (Å²) in [4.78, 5) is 10.7. The van der Waals surface area contributed by atoms with Crippen molar-refractivity contribution in [2.24, 2.45) is 10.3 Å². The largest absolute Gasteiger partial charge is 0.331 e. The van der Waals surface area contributed by atoms with E-state index in [2.05, 4.69) is 16.0 Å². The first kappa shape index (κ1) is 24.6. The molecule has 0 aliphatic carbocycles. The number of benzene rings is 2. The number of primary sulfonamides is 2. The van der Waals surface area contributed by atoms with Crippen molar-refractivity contribution < 1.29 is 21.6 Å². The minimum absolute atomic E-state index is 0.206. The molecule has 0 spiro atoms. The Bertz CT molecular complexity index is 1250. The number of urea groups is 1. The van der Waals surface area contributed by atoms with Crippen LogP contribution >= 0.6 is 47.0 Å². The molecule has 2 rings (SSSR count). The maximum Gasteiger partial charge on any atom is 0.325 e. The fourth-order valence-corrected chi connectivity index (χ4v) is 4.45. The second-order valence-electron chi connectivity index (χ2n) is 5.53. The predicted molar refractivity (Wildman–Crippen MR) is 119 cm³/mol. The van der Waals surface area contributed by atoms with E-state index < -0.39 is 40.9 Å². The molecule has 0 radical (unpaired) electrons. The zero-order valence-corrected chi connectivity index (χ0v) is 19.2. The maximum atomic E-state index is 12.1. The molecule has 0 aliphatic heterocycles. The van der Waals surface area contributed by atoms with Crippen molar-refractivity contribution in [3.05, 3.63) is 45.4 Å². The van der Waals surface area contributed by atoms with Gasteiger partial charge in [-0.15, -0.1) is 0 Å². The van der Waals surface area contributed by atoms with Crippen LogP contribution in [0.5, 0.6) is 0 Å². The molecule has 0 saturated heterocycles. The van der Waals surface area contributed by atoms with Crippen LogP contribution in [0.1, 0.15) is 0 Å². The average molecular weight is 533 g/mol. The van der Waals surface area contributed by atoms with Gasteiger partial charge in [-0.2, -0.15) is 0 Å². The number of nitrogens with one attached hydrogen (secondary N) is 3. The highest BCUT2D eigenvalue weighted by molar-refractivity contribution is 7.90. The van der Waals surface area contributed by atoms with Crippen LogP contribution in [0, 0.1) is 0 Å². The lowest BCUT2D eigenvalue weighted by molar-refractivity contribution is 0.256. The minimum Gasteiger partial charge on any atom is -0.331 e. The highest BCUT2D eigenvalue weighted by Crippen LogP contribution is 2.30. The Hall–Kier alpha value is -1.71. The lowest BCUT2D eigenvalue weighted by Crippen LogP contribution is -2.37. The highest BCUT2D eigenvalue weighted by Gasteiger charge is 2.23. The van der Waals surface area contributed by atoms with E-state index >= 15 is 0 Å². The molecule has 0 heterocycles. The number of rotatable bonds is 4. The van der Waals surface area contributed by atoms with Crippen molar-refractivity contribution in [1.82, 2.24) is 5.32 Å². The van der Waals surface area contributed by atoms with Gasteiger partial charge in [0.25, 0.3) is 0 Å². The van der Waals surface area contributed by atoms with Crippen molar-refractivity contribution in [2.75, 3.05) is 10.6 Å². The first-order chi connectivity index (χ1) is 13.7. The summed E-state index contributed by atoms with van der Waals surface area (Å²) >= 11 is 22.5. The Morgan fingerprint density at radius 1 is 0.833 bits per heavy atom. The van der Waals surface area contributed by atoms with Crippen molar-refractivity contribution in [1.29, 1.82) is 0 Å². The summed E-state index contributed by atoms with van der Waals surface area (Å²) in [7, 11) is -8.75. The molecule has 2 amide bonds. The Morgan fingerprint density at radius 3 is 1.97 bits per heavy atom. The van der Waals surface area contributed by atoms with Gasteiger partial charge in [0, 0.05) is 5.69 Å². The van der Waals surface area contributed by atoms with Gasteiger partial charge < -0.3 is 10.6 Å². The average Bonchev–Trinajstić information content (AvgIpc) is 2.55. The summed E-state index contributed by atoms with van der Waals surface area (Å²) < 4.78 is 46.8. The molecule has 0 saturated carbocycles. The van der Waals surface area contributed by atoms with E-state index in [-0.39, 0.29) is 20.8 Å². The van der Waals surface area contributed by atoms with Gasteiger partial charge in [0.1, 0.15) is 9.79 Å². The number of nitrogens with two attached hydrogens (primary N) is 2. The van der Waals surface area contributed by atoms with E-state index in [1.54, 1.807) is 0 Å². The van der Waals surface area contributed by atoms with E-state index in [1.165, 1.54) is 18.2 Å². The van der Waals surface area contributed by atoms with Crippen LogP contribution < -0.4 is 26.2 Å². The zero-order valence-electron chi connectivity index (χ0n) is 14.4. The van der Waals surface area contributed by atoms with Gasteiger partial charge in [-0.25, -0.2) is 31.9 Å². The highest BCUT2D eigenvalue weighted by atomic mass is 35.5. The predicted octanol–water partition coefficient (Wildman–Crippen LogP) is 2.46. The second kappa shape index (κ2) is 9.20. The van der Waals surface area contributed by atoms with Gasteiger partial charge in [0.15, 0.2) is 5.11 Å². The van der Waals surface area contributed by atoms with Crippen molar-refractivity contribution in [3.8, 4) is 0 Å². The van der Waals surface area contributed by atoms with E-state index in [4.69, 9.17) is 57.3 Å². The number of carbonyl (C=O) groups excluding carboxylic acids is 1. The third-order valence-electron chi connectivity index (χ3n) is 3.30. The molecule has 2 aromatic carbocycles. The standard InChI is InChI=1S/C14H12Cl3N5O5S3/c15-7-2-1-6(3-8(7)16)20-13(23)22-14(28)21-10-4-9(17)11(29(18,24)25)5-12(10)30(19,26)27/h1-5H,(H2,18,24,25)(H2,19,26,27)(H3,20,21,22,23,28). The van der Waals surface area contributed by atoms with Crippen LogP contribution in [0.4, 0.5) is 16.2 Å². The molecule has 10 nitrogen and oxygen atoms in total. The van der Waals surface area contributed by atoms with Crippen molar-refractivity contribution in [3.63, 3.8) is 0 Å². The number of hydrogen-bond acceptors (Lipinski definition) is 6. The lowest BCUT2D eigenvalue weighted by Gasteiger charge is -2.15. The fraction of sp³-hybridized carbons (Fsp3) is 0. The summed E-state index contributed by atoms with van der Waals surface area (Å²) in [5.74, 6) is 0. The monoisotopic (exact) mass is 531 g/mol. The molecule has 0 aromatic heterocycles. The topological polar surface area (TPSA) is 173 Å². The Balaban J connectivity index is 2.24. The Morgan fingerprint density at radius 2 is 1.43 bits per heavy atom. The number of sulfonamides is 2. The van der Waals surface area contributed by atoms with E-state index in [0.29, 0.717) is 11.8 Å². The molecule has 162 valence electrons. The molecule has 0 unspecified atom stereocenters. The molecule has 2 aromatic rings. The summed E-state index contributed by atoms with van der Waals surface area (Å²) in [6.45, 7) is 0. The van der Waals surface area contributed by atoms with E-state index in [1.807, 2.05) is 0 Å². The van der Waals surface area contributed by atoms with Crippen LogP contribution in [0.3, 0.4) is 0 Å². The molecule has 0 aliphatic rings. The molecular weight excluding hydrogens is 521 g/mol. The van der Waals surface area contributed by atoms with Gasteiger partial charge in [0.2, 0.25) is 20.0 Å². The van der Waals surface area contributed by atoms with Gasteiger partial charge in [-0.05, 0) is 42.5 Å². The third kappa shape index (κ3) is 6.39. The number of thiocarbonyl (C=S) groups is 1. The first-order valence-corrected chi connectivity index (χ1v) is 12.0. The SMILES string of the molecule is NS(=O)(=O)c1cc(S(N)(=O)=O)c(NC(=S)NC(=O)Nc2ccc(Cl)c(Cl)c2)cc1Cl. The van der Waals surface area contributed by atoms with Crippen molar-refractivity contribution >= 4 is 89.6 Å². The minimum atomic E-state index is -4.42. The Labute approximate surface area is 191 Å². The number of anilines is 2. The van der Waals surface area contributed by atoms with E-state index in [9.17, 15) is 21.6 Å². The normalized spacial score (nSPS) is 11.6. The van der Waals surface area contributed by atoms with Gasteiger partial charge >= 0.3 is 6.03 Å². The van der Waals surface area contributed by atoms with E-state index in [0.717, 1.165) is 6.07 Å². The van der Waals surface area contributed by atoms with Crippen LogP contribution in [0.2, 0.25) is 15.1 Å². The van der Waals surface area contributed by atoms with Gasteiger partial charge in [0.05, 0.1) is 20.8 Å². The second-order valence-corrected chi connectivity index (χ2v) is 10.2. The molecule has 30 heavy (non-hydrogen) atoms. The lowest BCUT2D eigenvalue weighted by atomic mass is 10.3. The molecule has 7 N–H and O–H groups in total. The first-order valence-electron chi connectivity index (χ1n) is 7.41. The third-order valence-corrected chi connectivity index (χ3v) is 6.57. The van der Waals surface area contributed by atoms with Crippen molar-refractivity contribution in [2.45, 2.75) is 9.79 Å². The maximum absolute atomic E-state index is 12.1. The summed E-state index contributed by atoms with van der Waals surface area (Å²) in [6.07, 6.45) is 0. The van der Waals surface area contributed by atoms with Gasteiger partial charge in [-0.3, -0.25) is 5.32 Å². The summed E-state index contributed by atoms with van der Waals surface area (Å²) in [5, 5.41) is 16.9. The molecule has 0 atom stereocenters. The number of carbonyl (C=O) groups is 1. The quantitative estimate of drug-likeness (QED) is 0.376. The molecule has 0 bridgehead atoms. The Kier molecular flexibility index (Phi) is 7.53. The van der Waals surface area contributed by atoms with Crippen LogP contribution in [0.15, 0.2) is 40.1 Å². The zero-order chi connectivity index (χ0) is 22.9. The number of hydrogen-bond donors (Lipinski definition) is 5. The molecule has 16 heteroatoms.